The van der Waals surface area contributed by atoms with E-state index in [2.05, 4.69) is 41.1 Å². The summed E-state index contributed by atoms with van der Waals surface area (Å²) in [6, 6.07) is 12.4. The Morgan fingerprint density at radius 3 is 2.40 bits per heavy atom. The Morgan fingerprint density at radius 1 is 0.933 bits per heavy atom. The molecule has 5 nitrogen and oxygen atoms in total. The molecule has 0 fully saturated rings. The summed E-state index contributed by atoms with van der Waals surface area (Å²) in [5.41, 5.74) is 1.44. The second kappa shape index (κ2) is 11.3. The SMILES string of the molecule is CCc1cccc(CNCCCNC(=O)CNC(=O)c2cccc(C(F)(F)F)c2)c1. The molecule has 8 heteroatoms. The van der Waals surface area contributed by atoms with E-state index in [4.69, 9.17) is 0 Å². The normalized spacial score (nSPS) is 11.2. The Labute approximate surface area is 174 Å². The number of halogens is 3. The van der Waals surface area contributed by atoms with Crippen LogP contribution in [0.4, 0.5) is 13.2 Å². The van der Waals surface area contributed by atoms with Gasteiger partial charge < -0.3 is 16.0 Å². The van der Waals surface area contributed by atoms with Crippen molar-refractivity contribution in [2.45, 2.75) is 32.5 Å². The second-order valence-corrected chi connectivity index (χ2v) is 6.82. The lowest BCUT2D eigenvalue weighted by molar-refractivity contribution is -0.137. The standard InChI is InChI=1S/C22H26F3N3O2/c1-2-16-6-3-7-17(12-16)14-26-10-5-11-27-20(29)15-28-21(30)18-8-4-9-19(13-18)22(23,24)25/h3-4,6-9,12-13,26H,2,5,10-11,14-15H2,1H3,(H,27,29)(H,28,30). The van der Waals surface area contributed by atoms with Gasteiger partial charge in [0.15, 0.2) is 0 Å². The lowest BCUT2D eigenvalue weighted by Crippen LogP contribution is -2.37. The molecule has 30 heavy (non-hydrogen) atoms. The van der Waals surface area contributed by atoms with Gasteiger partial charge in [0, 0.05) is 18.7 Å². The first-order valence-corrected chi connectivity index (χ1v) is 9.80. The number of hydrogen-bond acceptors (Lipinski definition) is 3. The number of benzene rings is 2. The van der Waals surface area contributed by atoms with Gasteiger partial charge in [0.2, 0.25) is 5.91 Å². The molecule has 0 atom stereocenters. The highest BCUT2D eigenvalue weighted by atomic mass is 19.4. The molecule has 2 amide bonds. The lowest BCUT2D eigenvalue weighted by atomic mass is 10.1. The fourth-order valence-electron chi connectivity index (χ4n) is 2.80. The third-order valence-corrected chi connectivity index (χ3v) is 4.44. The van der Waals surface area contributed by atoms with Crippen LogP contribution in [0.15, 0.2) is 48.5 Å². The maximum absolute atomic E-state index is 12.7. The van der Waals surface area contributed by atoms with Crippen LogP contribution < -0.4 is 16.0 Å². The van der Waals surface area contributed by atoms with Crippen LogP contribution in [0.3, 0.4) is 0 Å². The van der Waals surface area contributed by atoms with E-state index in [1.54, 1.807) is 0 Å². The van der Waals surface area contributed by atoms with E-state index in [1.165, 1.54) is 17.2 Å². The molecule has 2 rings (SSSR count). The number of carbonyl (C=O) groups excluding carboxylic acids is 2. The molecule has 0 heterocycles. The molecule has 0 aliphatic heterocycles. The summed E-state index contributed by atoms with van der Waals surface area (Å²) in [6.07, 6.45) is -2.83. The number of carbonyl (C=O) groups is 2. The zero-order valence-corrected chi connectivity index (χ0v) is 16.8. The van der Waals surface area contributed by atoms with Crippen molar-refractivity contribution in [3.63, 3.8) is 0 Å². The predicted octanol–water partition coefficient (Wildman–Crippen LogP) is 3.29. The number of nitrogens with one attached hydrogen (secondary N) is 3. The molecule has 2 aromatic rings. The van der Waals surface area contributed by atoms with Crippen LogP contribution in [0.2, 0.25) is 0 Å². The molecule has 0 bridgehead atoms. The van der Waals surface area contributed by atoms with Gasteiger partial charge in [-0.15, -0.1) is 0 Å². The van der Waals surface area contributed by atoms with Gasteiger partial charge in [-0.25, -0.2) is 0 Å². The summed E-state index contributed by atoms with van der Waals surface area (Å²) < 4.78 is 38.1. The molecule has 0 aliphatic rings. The zero-order valence-electron chi connectivity index (χ0n) is 16.8. The molecule has 0 aromatic heterocycles. The van der Waals surface area contributed by atoms with Crippen LogP contribution in [0.25, 0.3) is 0 Å². The van der Waals surface area contributed by atoms with Crippen molar-refractivity contribution in [2.75, 3.05) is 19.6 Å². The van der Waals surface area contributed by atoms with E-state index < -0.39 is 23.6 Å². The molecule has 3 N–H and O–H groups in total. The molecular weight excluding hydrogens is 395 g/mol. The minimum absolute atomic E-state index is 0.144. The van der Waals surface area contributed by atoms with E-state index in [1.807, 2.05) is 6.07 Å². The average molecular weight is 421 g/mol. The van der Waals surface area contributed by atoms with Crippen LogP contribution in [0.5, 0.6) is 0 Å². The van der Waals surface area contributed by atoms with Crippen LogP contribution in [0.1, 0.15) is 40.4 Å². The number of aryl methyl sites for hydroxylation is 1. The van der Waals surface area contributed by atoms with Crippen molar-refractivity contribution < 1.29 is 22.8 Å². The van der Waals surface area contributed by atoms with Crippen molar-refractivity contribution in [1.29, 1.82) is 0 Å². The average Bonchev–Trinajstić information content (AvgIpc) is 2.74. The summed E-state index contributed by atoms with van der Waals surface area (Å²) in [4.78, 5) is 23.8. The minimum Gasteiger partial charge on any atom is -0.355 e. The summed E-state index contributed by atoms with van der Waals surface area (Å²) >= 11 is 0. The Balaban J connectivity index is 1.62. The number of amides is 2. The topological polar surface area (TPSA) is 70.2 Å². The fraction of sp³-hybridized carbons (Fsp3) is 0.364. The van der Waals surface area contributed by atoms with Crippen LogP contribution in [-0.2, 0) is 23.9 Å². The highest BCUT2D eigenvalue weighted by molar-refractivity contribution is 5.96. The van der Waals surface area contributed by atoms with Crippen LogP contribution in [-0.4, -0.2) is 31.4 Å². The highest BCUT2D eigenvalue weighted by Gasteiger charge is 2.30. The monoisotopic (exact) mass is 421 g/mol. The largest absolute Gasteiger partial charge is 0.416 e. The van der Waals surface area contributed by atoms with Gasteiger partial charge in [-0.2, -0.15) is 13.2 Å². The van der Waals surface area contributed by atoms with Gasteiger partial charge in [-0.1, -0.05) is 37.3 Å². The smallest absolute Gasteiger partial charge is 0.355 e. The van der Waals surface area contributed by atoms with Gasteiger partial charge in [0.1, 0.15) is 0 Å². The molecule has 162 valence electrons. The van der Waals surface area contributed by atoms with E-state index in [0.717, 1.165) is 31.2 Å². The second-order valence-electron chi connectivity index (χ2n) is 6.82. The predicted molar refractivity (Wildman–Crippen MR) is 109 cm³/mol. The highest BCUT2D eigenvalue weighted by Crippen LogP contribution is 2.29. The zero-order chi connectivity index (χ0) is 22.0. The molecule has 0 spiro atoms. The first kappa shape index (κ1) is 23.4. The molecule has 0 saturated heterocycles. The Bertz CT molecular complexity index is 854. The molecule has 0 saturated carbocycles. The van der Waals surface area contributed by atoms with Crippen molar-refractivity contribution in [2.24, 2.45) is 0 Å². The number of alkyl halides is 3. The van der Waals surface area contributed by atoms with Gasteiger partial charge in [-0.3, -0.25) is 9.59 Å². The quantitative estimate of drug-likeness (QED) is 0.516. The maximum Gasteiger partial charge on any atom is 0.416 e. The van der Waals surface area contributed by atoms with Crippen molar-refractivity contribution in [3.8, 4) is 0 Å². The number of rotatable bonds is 10. The van der Waals surface area contributed by atoms with E-state index >= 15 is 0 Å². The molecule has 2 aromatic carbocycles. The van der Waals surface area contributed by atoms with Crippen molar-refractivity contribution >= 4 is 11.8 Å². The Kier molecular flexibility index (Phi) is 8.86. The first-order valence-electron chi connectivity index (χ1n) is 9.80. The van der Waals surface area contributed by atoms with E-state index in [9.17, 15) is 22.8 Å². The number of hydrogen-bond donors (Lipinski definition) is 3. The first-order chi connectivity index (χ1) is 14.3. The Morgan fingerprint density at radius 2 is 1.67 bits per heavy atom. The van der Waals surface area contributed by atoms with E-state index in [-0.39, 0.29) is 12.1 Å². The van der Waals surface area contributed by atoms with Gasteiger partial charge in [0.05, 0.1) is 12.1 Å². The molecule has 0 aliphatic carbocycles. The van der Waals surface area contributed by atoms with Crippen molar-refractivity contribution in [1.82, 2.24) is 16.0 Å². The van der Waals surface area contributed by atoms with Crippen LogP contribution in [0, 0.1) is 0 Å². The summed E-state index contributed by atoms with van der Waals surface area (Å²) in [7, 11) is 0. The molecule has 0 radical (unpaired) electrons. The molecule has 0 unspecified atom stereocenters. The van der Waals surface area contributed by atoms with Gasteiger partial charge >= 0.3 is 6.18 Å². The van der Waals surface area contributed by atoms with Gasteiger partial charge in [0.25, 0.3) is 5.91 Å². The van der Waals surface area contributed by atoms with Crippen LogP contribution >= 0.6 is 0 Å². The fourth-order valence-corrected chi connectivity index (χ4v) is 2.80. The maximum atomic E-state index is 12.7. The summed E-state index contributed by atoms with van der Waals surface area (Å²) in [6.45, 7) is 3.70. The lowest BCUT2D eigenvalue weighted by Gasteiger charge is -2.10. The summed E-state index contributed by atoms with van der Waals surface area (Å²) in [5.74, 6) is -1.13. The van der Waals surface area contributed by atoms with Gasteiger partial charge in [-0.05, 0) is 48.7 Å². The summed E-state index contributed by atoms with van der Waals surface area (Å²) in [5, 5.41) is 8.30. The van der Waals surface area contributed by atoms with E-state index in [0.29, 0.717) is 19.5 Å². The third-order valence-electron chi connectivity index (χ3n) is 4.44. The third kappa shape index (κ3) is 7.87. The Hall–Kier alpha value is -2.87. The molecular formula is C22H26F3N3O2. The minimum atomic E-state index is -4.53. The van der Waals surface area contributed by atoms with Crippen molar-refractivity contribution in [3.05, 3.63) is 70.8 Å².